The van der Waals surface area contributed by atoms with Crippen LogP contribution in [0.25, 0.3) is 10.9 Å². The Hall–Kier alpha value is -4.68. The Labute approximate surface area is 304 Å². The molecule has 274 valence electrons. The molecule has 4 saturated carbocycles. The number of nitrogens with one attached hydrogen (secondary N) is 5. The van der Waals surface area contributed by atoms with Crippen molar-refractivity contribution in [3.63, 3.8) is 0 Å². The molecule has 4 fully saturated rings. The Morgan fingerprint density at radius 2 is 1.50 bits per heavy atom. The molecule has 8 rings (SSSR count). The van der Waals surface area contributed by atoms with E-state index < -0.39 is 39.5 Å². The first-order chi connectivity index (χ1) is 25.1. The van der Waals surface area contributed by atoms with Gasteiger partial charge < -0.3 is 25.7 Å². The van der Waals surface area contributed by atoms with Crippen molar-refractivity contribution in [1.82, 2.24) is 25.7 Å². The Bertz CT molecular complexity index is 1970. The van der Waals surface area contributed by atoms with Crippen molar-refractivity contribution < 1.29 is 27.5 Å². The number of ether oxygens (including phenoxy) is 1. The number of aromatic nitrogens is 1. The van der Waals surface area contributed by atoms with Crippen LogP contribution in [0.4, 0.5) is 4.79 Å². The molecule has 4 aromatic rings. The monoisotopic (exact) mass is 725 g/mol. The number of carbonyl (C=O) groups is 3. The lowest BCUT2D eigenvalue weighted by Gasteiger charge is -2.53. The first-order valence-corrected chi connectivity index (χ1v) is 19.8. The highest BCUT2D eigenvalue weighted by Crippen LogP contribution is 2.54. The first kappa shape index (κ1) is 35.7. The predicted octanol–water partition coefficient (Wildman–Crippen LogP) is 5.36. The van der Waals surface area contributed by atoms with Gasteiger partial charge in [-0.1, -0.05) is 66.7 Å². The van der Waals surface area contributed by atoms with Crippen LogP contribution in [0.1, 0.15) is 62.6 Å². The summed E-state index contributed by atoms with van der Waals surface area (Å²) in [5, 5.41) is 9.89. The third-order valence-corrected chi connectivity index (χ3v) is 12.7. The van der Waals surface area contributed by atoms with Crippen LogP contribution in [0.15, 0.2) is 96.0 Å². The Morgan fingerprint density at radius 3 is 2.19 bits per heavy atom. The second-order valence-electron chi connectivity index (χ2n) is 15.0. The van der Waals surface area contributed by atoms with Crippen LogP contribution in [-0.4, -0.2) is 56.0 Å². The fraction of sp³-hybridized carbons (Fsp3) is 0.425. The molecule has 0 radical (unpaired) electrons. The number of sulfonamides is 1. The minimum atomic E-state index is -3.77. The lowest BCUT2D eigenvalue weighted by molar-refractivity contribution is -0.128. The maximum absolute atomic E-state index is 14.3. The van der Waals surface area contributed by atoms with E-state index >= 15 is 0 Å². The van der Waals surface area contributed by atoms with Gasteiger partial charge in [-0.3, -0.25) is 9.59 Å². The summed E-state index contributed by atoms with van der Waals surface area (Å²) in [6.07, 6.45) is 6.92. The summed E-state index contributed by atoms with van der Waals surface area (Å²) in [6, 6.07) is 24.4. The van der Waals surface area contributed by atoms with E-state index in [0.29, 0.717) is 11.8 Å². The van der Waals surface area contributed by atoms with Gasteiger partial charge in [0.05, 0.1) is 10.9 Å². The van der Waals surface area contributed by atoms with Crippen LogP contribution in [0.5, 0.6) is 0 Å². The average molecular weight is 726 g/mol. The molecule has 1 unspecified atom stereocenters. The van der Waals surface area contributed by atoms with Crippen LogP contribution in [0, 0.1) is 23.7 Å². The molecule has 0 spiro atoms. The first-order valence-electron chi connectivity index (χ1n) is 18.3. The lowest BCUT2D eigenvalue weighted by Crippen LogP contribution is -2.60. The van der Waals surface area contributed by atoms with Gasteiger partial charge in [0, 0.05) is 43.0 Å². The van der Waals surface area contributed by atoms with Crippen molar-refractivity contribution in [1.29, 1.82) is 0 Å². The molecular weight excluding hydrogens is 679 g/mol. The topological polar surface area (TPSA) is 158 Å². The SMILES string of the molecule is CC(Cc1c[nH]c2ccccc12)(NC(=O)OC1C2CC3CC(C2)CC1C3)C(=O)NC[C@@H](NC(=O)CCNS(=O)(=O)c1ccccc1)c1ccccc1. The lowest BCUT2D eigenvalue weighted by atomic mass is 9.55. The van der Waals surface area contributed by atoms with Gasteiger partial charge in [0.1, 0.15) is 11.6 Å². The molecule has 4 aliphatic carbocycles. The van der Waals surface area contributed by atoms with Crippen molar-refractivity contribution in [2.75, 3.05) is 13.1 Å². The van der Waals surface area contributed by atoms with Gasteiger partial charge >= 0.3 is 6.09 Å². The van der Waals surface area contributed by atoms with Crippen LogP contribution >= 0.6 is 0 Å². The number of H-pyrrole nitrogens is 1. The molecule has 1 aromatic heterocycles. The Morgan fingerprint density at radius 1 is 0.865 bits per heavy atom. The number of aromatic amines is 1. The summed E-state index contributed by atoms with van der Waals surface area (Å²) in [6.45, 7) is 1.63. The van der Waals surface area contributed by atoms with E-state index in [1.165, 1.54) is 18.6 Å². The molecule has 12 heteroatoms. The fourth-order valence-electron chi connectivity index (χ4n) is 8.86. The summed E-state index contributed by atoms with van der Waals surface area (Å²) in [5.74, 6) is 1.41. The van der Waals surface area contributed by atoms with Gasteiger partial charge in [-0.25, -0.2) is 17.9 Å². The van der Waals surface area contributed by atoms with Crippen LogP contribution in [0.2, 0.25) is 0 Å². The fourth-order valence-corrected chi connectivity index (χ4v) is 9.91. The molecule has 3 amide bonds. The second-order valence-corrected chi connectivity index (χ2v) is 16.8. The number of rotatable bonds is 14. The number of hydrogen-bond acceptors (Lipinski definition) is 6. The number of amides is 3. The summed E-state index contributed by atoms with van der Waals surface area (Å²) in [5.41, 5.74) is 1.16. The number of hydrogen-bond donors (Lipinski definition) is 5. The predicted molar refractivity (Wildman–Crippen MR) is 197 cm³/mol. The Kier molecular flexibility index (Phi) is 10.4. The zero-order chi connectivity index (χ0) is 36.3. The summed E-state index contributed by atoms with van der Waals surface area (Å²) >= 11 is 0. The van der Waals surface area contributed by atoms with Crippen molar-refractivity contribution >= 4 is 38.8 Å². The normalized spacial score (nSPS) is 23.8. The Balaban J connectivity index is 1.04. The van der Waals surface area contributed by atoms with Gasteiger partial charge in [-0.2, -0.15) is 0 Å². The molecule has 3 aromatic carbocycles. The third-order valence-electron chi connectivity index (χ3n) is 11.2. The zero-order valence-electron chi connectivity index (χ0n) is 29.3. The smallest absolute Gasteiger partial charge is 0.408 e. The zero-order valence-corrected chi connectivity index (χ0v) is 30.2. The minimum absolute atomic E-state index is 0.0279. The number of para-hydroxylation sites is 1. The van der Waals surface area contributed by atoms with E-state index in [2.05, 4.69) is 25.7 Å². The minimum Gasteiger partial charge on any atom is -0.446 e. The van der Waals surface area contributed by atoms with E-state index in [4.69, 9.17) is 4.74 Å². The highest BCUT2D eigenvalue weighted by atomic mass is 32.2. The number of carbonyl (C=O) groups excluding carboxylic acids is 3. The maximum Gasteiger partial charge on any atom is 0.408 e. The van der Waals surface area contributed by atoms with Crippen LogP contribution in [0.3, 0.4) is 0 Å². The molecule has 2 atom stereocenters. The van der Waals surface area contributed by atoms with Gasteiger partial charge in [0.2, 0.25) is 21.8 Å². The molecule has 52 heavy (non-hydrogen) atoms. The molecule has 4 bridgehead atoms. The van der Waals surface area contributed by atoms with E-state index in [1.807, 2.05) is 60.8 Å². The average Bonchev–Trinajstić information content (AvgIpc) is 3.53. The molecule has 0 aliphatic heterocycles. The van der Waals surface area contributed by atoms with E-state index in [-0.39, 0.29) is 36.9 Å². The van der Waals surface area contributed by atoms with E-state index in [9.17, 15) is 22.8 Å². The number of benzene rings is 3. The molecule has 4 aliphatic rings. The van der Waals surface area contributed by atoms with Crippen LogP contribution in [-0.2, 0) is 30.8 Å². The van der Waals surface area contributed by atoms with Crippen LogP contribution < -0.4 is 20.7 Å². The highest BCUT2D eigenvalue weighted by molar-refractivity contribution is 7.89. The largest absolute Gasteiger partial charge is 0.446 e. The molecular formula is C40H47N5O6S. The van der Waals surface area contributed by atoms with Gasteiger partial charge in [-0.15, -0.1) is 0 Å². The van der Waals surface area contributed by atoms with Gasteiger partial charge in [-0.05, 0) is 92.0 Å². The molecule has 1 heterocycles. The summed E-state index contributed by atoms with van der Waals surface area (Å²) in [7, 11) is -3.77. The van der Waals surface area contributed by atoms with E-state index in [1.54, 1.807) is 25.1 Å². The van der Waals surface area contributed by atoms with Crippen molar-refractivity contribution in [3.05, 3.63) is 102 Å². The number of fused-ring (bicyclic) bond motifs is 1. The van der Waals surface area contributed by atoms with Gasteiger partial charge in [0.25, 0.3) is 0 Å². The van der Waals surface area contributed by atoms with Crippen molar-refractivity contribution in [2.45, 2.75) is 74.4 Å². The van der Waals surface area contributed by atoms with E-state index in [0.717, 1.165) is 59.5 Å². The third kappa shape index (κ3) is 8.03. The van der Waals surface area contributed by atoms with Crippen molar-refractivity contribution in [3.8, 4) is 0 Å². The second kappa shape index (κ2) is 15.1. The highest BCUT2D eigenvalue weighted by Gasteiger charge is 2.50. The molecule has 0 saturated heterocycles. The summed E-state index contributed by atoms with van der Waals surface area (Å²) in [4.78, 5) is 44.5. The van der Waals surface area contributed by atoms with Crippen molar-refractivity contribution in [2.24, 2.45) is 23.7 Å². The quantitative estimate of drug-likeness (QED) is 0.118. The molecule has 5 N–H and O–H groups in total. The van der Waals surface area contributed by atoms with Gasteiger partial charge in [0.15, 0.2) is 0 Å². The summed E-state index contributed by atoms with van der Waals surface area (Å²) < 4.78 is 33.9. The maximum atomic E-state index is 14.3. The molecule has 11 nitrogen and oxygen atoms in total. The standard InChI is InChI=1S/C40H47N5O6S/c1-40(23-31-24-41-34-15-9-8-14-33(31)34,45-39(48)51-37-29-19-26-18-27(21-29)22-30(37)20-26)38(47)42-25-35(28-10-4-2-5-11-28)44-36(46)16-17-43-52(49,50)32-12-6-3-7-13-32/h2-15,24,26-27,29-30,35,37,41,43H,16-23,25H2,1H3,(H,42,47)(H,44,46)(H,45,48)/t26?,27?,29?,30?,35-,37?,40?/m1/s1. The number of alkyl carbamates (subject to hydrolysis) is 1.